The zero-order chi connectivity index (χ0) is 11.5. The summed E-state index contributed by atoms with van der Waals surface area (Å²) in [4.78, 5) is 3.96. The highest BCUT2D eigenvalue weighted by atomic mass is 79.9. The third-order valence-corrected chi connectivity index (χ3v) is 2.74. The van der Waals surface area contributed by atoms with Gasteiger partial charge in [0.05, 0.1) is 9.50 Å². The first-order valence-electron chi connectivity index (χ1n) is 4.41. The van der Waals surface area contributed by atoms with Gasteiger partial charge in [-0.3, -0.25) is 0 Å². The summed E-state index contributed by atoms with van der Waals surface area (Å²) in [7, 11) is 0. The summed E-state index contributed by atoms with van der Waals surface area (Å²) in [5.41, 5.74) is 0. The van der Waals surface area contributed by atoms with Gasteiger partial charge in [0.25, 0.3) is 0 Å². The first-order chi connectivity index (χ1) is 7.68. The maximum atomic E-state index is 13.4. The van der Waals surface area contributed by atoms with E-state index in [0.29, 0.717) is 4.47 Å². The lowest BCUT2D eigenvalue weighted by Crippen LogP contribution is -1.92. The fraction of sp³-hybridized carbons (Fsp3) is 0. The van der Waals surface area contributed by atoms with Crippen LogP contribution in [0.25, 0.3) is 0 Å². The normalized spacial score (nSPS) is 10.2. The molecule has 2 rings (SSSR count). The number of hydrogen-bond acceptors (Lipinski definition) is 2. The van der Waals surface area contributed by atoms with Crippen LogP contribution in [0.4, 0.5) is 4.39 Å². The van der Waals surface area contributed by atoms with Crippen LogP contribution in [-0.2, 0) is 0 Å². The molecule has 0 spiro atoms. The van der Waals surface area contributed by atoms with Crippen molar-refractivity contribution in [3.63, 3.8) is 0 Å². The van der Waals surface area contributed by atoms with Gasteiger partial charge in [0.2, 0.25) is 5.88 Å². The van der Waals surface area contributed by atoms with Gasteiger partial charge in [0.15, 0.2) is 11.6 Å². The third kappa shape index (κ3) is 2.33. The minimum Gasteiger partial charge on any atom is -0.433 e. The molecule has 0 aliphatic carbocycles. The number of aromatic nitrogens is 1. The Hall–Kier alpha value is -1.13. The molecule has 1 aromatic carbocycles. The number of halogens is 3. The topological polar surface area (TPSA) is 22.1 Å². The molecule has 0 radical (unpaired) electrons. The Labute approximate surface area is 105 Å². The van der Waals surface area contributed by atoms with Gasteiger partial charge in [-0.05, 0) is 40.2 Å². The molecule has 0 aliphatic rings. The lowest BCUT2D eigenvalue weighted by atomic mass is 10.3. The summed E-state index contributed by atoms with van der Waals surface area (Å²) >= 11 is 9.07. The molecule has 0 saturated heterocycles. The standard InChI is InChI=1S/C11H6BrClFNO/c12-7-3-2-6-15-11(7)16-10-8(13)4-1-5-9(10)14/h1-6H. The largest absolute Gasteiger partial charge is 0.433 e. The van der Waals surface area contributed by atoms with Crippen LogP contribution in [0, 0.1) is 5.82 Å². The first-order valence-corrected chi connectivity index (χ1v) is 5.58. The lowest BCUT2D eigenvalue weighted by molar-refractivity contribution is 0.425. The molecule has 1 aromatic heterocycles. The minimum absolute atomic E-state index is 0.0245. The van der Waals surface area contributed by atoms with Crippen molar-refractivity contribution in [3.05, 3.63) is 51.8 Å². The third-order valence-electron chi connectivity index (χ3n) is 1.84. The van der Waals surface area contributed by atoms with Gasteiger partial charge >= 0.3 is 0 Å². The molecule has 5 heteroatoms. The van der Waals surface area contributed by atoms with E-state index in [-0.39, 0.29) is 16.7 Å². The molecule has 0 amide bonds. The Morgan fingerprint density at radius 2 is 2.06 bits per heavy atom. The van der Waals surface area contributed by atoms with E-state index in [1.54, 1.807) is 24.4 Å². The zero-order valence-electron chi connectivity index (χ0n) is 7.95. The van der Waals surface area contributed by atoms with Crippen LogP contribution >= 0.6 is 27.5 Å². The average molecular weight is 303 g/mol. The van der Waals surface area contributed by atoms with Crippen LogP contribution in [0.1, 0.15) is 0 Å². The van der Waals surface area contributed by atoms with E-state index in [9.17, 15) is 4.39 Å². The summed E-state index contributed by atoms with van der Waals surface area (Å²) in [6, 6.07) is 7.82. The van der Waals surface area contributed by atoms with Crippen LogP contribution in [0.3, 0.4) is 0 Å². The van der Waals surface area contributed by atoms with Gasteiger partial charge in [-0.1, -0.05) is 17.7 Å². The molecule has 0 N–H and O–H groups in total. The molecule has 0 fully saturated rings. The number of hydrogen-bond donors (Lipinski definition) is 0. The number of rotatable bonds is 2. The Morgan fingerprint density at radius 3 is 2.75 bits per heavy atom. The Kier molecular flexibility index (Phi) is 3.41. The van der Waals surface area contributed by atoms with E-state index < -0.39 is 5.82 Å². The summed E-state index contributed by atoms with van der Waals surface area (Å²) in [5, 5.41) is 0.206. The second-order valence-electron chi connectivity index (χ2n) is 2.94. The second-order valence-corrected chi connectivity index (χ2v) is 4.20. The smallest absolute Gasteiger partial charge is 0.233 e. The second kappa shape index (κ2) is 4.80. The molecule has 2 nitrogen and oxygen atoms in total. The van der Waals surface area contributed by atoms with Crippen molar-refractivity contribution >= 4 is 27.5 Å². The highest BCUT2D eigenvalue weighted by Gasteiger charge is 2.11. The number of ether oxygens (including phenoxy) is 1. The van der Waals surface area contributed by atoms with Crippen LogP contribution in [0.5, 0.6) is 11.6 Å². The van der Waals surface area contributed by atoms with Crippen molar-refractivity contribution in [3.8, 4) is 11.6 Å². The Morgan fingerprint density at radius 1 is 1.25 bits per heavy atom. The van der Waals surface area contributed by atoms with Crippen molar-refractivity contribution in [2.45, 2.75) is 0 Å². The predicted octanol–water partition coefficient (Wildman–Crippen LogP) is 4.43. The fourth-order valence-corrected chi connectivity index (χ4v) is 1.66. The average Bonchev–Trinajstić information content (AvgIpc) is 2.26. The molecule has 1 heterocycles. The molecule has 0 saturated carbocycles. The van der Waals surface area contributed by atoms with E-state index in [4.69, 9.17) is 16.3 Å². The van der Waals surface area contributed by atoms with E-state index in [1.165, 1.54) is 12.1 Å². The number of nitrogens with zero attached hydrogens (tertiary/aromatic N) is 1. The lowest BCUT2D eigenvalue weighted by Gasteiger charge is -2.08. The van der Waals surface area contributed by atoms with Crippen molar-refractivity contribution in [1.82, 2.24) is 4.98 Å². The van der Waals surface area contributed by atoms with Crippen molar-refractivity contribution in [1.29, 1.82) is 0 Å². The van der Waals surface area contributed by atoms with Crippen LogP contribution in [0.2, 0.25) is 5.02 Å². The van der Waals surface area contributed by atoms with Crippen molar-refractivity contribution in [2.24, 2.45) is 0 Å². The number of benzene rings is 1. The molecular weight excluding hydrogens is 296 g/mol. The predicted molar refractivity (Wildman–Crippen MR) is 63.4 cm³/mol. The SMILES string of the molecule is Fc1cccc(Cl)c1Oc1ncccc1Br. The molecule has 0 unspecified atom stereocenters. The molecule has 0 aliphatic heterocycles. The van der Waals surface area contributed by atoms with Crippen LogP contribution in [0.15, 0.2) is 41.0 Å². The van der Waals surface area contributed by atoms with E-state index in [0.717, 1.165) is 0 Å². The molecule has 82 valence electrons. The molecule has 0 atom stereocenters. The molecule has 0 bridgehead atoms. The quantitative estimate of drug-likeness (QED) is 0.819. The monoisotopic (exact) mass is 301 g/mol. The van der Waals surface area contributed by atoms with Gasteiger partial charge in [0.1, 0.15) is 0 Å². The highest BCUT2D eigenvalue weighted by Crippen LogP contribution is 2.33. The maximum Gasteiger partial charge on any atom is 0.233 e. The van der Waals surface area contributed by atoms with Crippen LogP contribution in [-0.4, -0.2) is 4.98 Å². The molecular formula is C11H6BrClFNO. The van der Waals surface area contributed by atoms with Crippen molar-refractivity contribution < 1.29 is 9.13 Å². The Balaban J connectivity index is 2.38. The van der Waals surface area contributed by atoms with E-state index >= 15 is 0 Å². The van der Waals surface area contributed by atoms with E-state index in [1.807, 2.05) is 0 Å². The number of para-hydroxylation sites is 1. The highest BCUT2D eigenvalue weighted by molar-refractivity contribution is 9.10. The van der Waals surface area contributed by atoms with Gasteiger partial charge in [-0.2, -0.15) is 0 Å². The number of pyridine rings is 1. The minimum atomic E-state index is -0.523. The summed E-state index contributed by atoms with van der Waals surface area (Å²) in [5.74, 6) is -0.275. The Bertz CT molecular complexity index is 501. The van der Waals surface area contributed by atoms with E-state index in [2.05, 4.69) is 20.9 Å². The van der Waals surface area contributed by atoms with Gasteiger partial charge in [0, 0.05) is 6.20 Å². The zero-order valence-corrected chi connectivity index (χ0v) is 10.3. The molecule has 2 aromatic rings. The van der Waals surface area contributed by atoms with Crippen LogP contribution < -0.4 is 4.74 Å². The summed E-state index contributed by atoms with van der Waals surface area (Å²) < 4.78 is 19.4. The van der Waals surface area contributed by atoms with Crippen molar-refractivity contribution in [2.75, 3.05) is 0 Å². The fourth-order valence-electron chi connectivity index (χ4n) is 1.12. The maximum absolute atomic E-state index is 13.4. The van der Waals surface area contributed by atoms with Gasteiger partial charge in [-0.15, -0.1) is 0 Å². The first kappa shape index (κ1) is 11.4. The summed E-state index contributed by atoms with van der Waals surface area (Å²) in [6.45, 7) is 0. The van der Waals surface area contributed by atoms with Gasteiger partial charge < -0.3 is 4.74 Å². The summed E-state index contributed by atoms with van der Waals surface area (Å²) in [6.07, 6.45) is 1.55. The van der Waals surface area contributed by atoms with Gasteiger partial charge in [-0.25, -0.2) is 9.37 Å². The molecule has 16 heavy (non-hydrogen) atoms.